The van der Waals surface area contributed by atoms with Gasteiger partial charge in [0, 0.05) is 29.3 Å². The van der Waals surface area contributed by atoms with Gasteiger partial charge in [-0.1, -0.05) is 0 Å². The van der Waals surface area contributed by atoms with Crippen LogP contribution in [0.15, 0.2) is 41.8 Å². The highest BCUT2D eigenvalue weighted by Crippen LogP contribution is 2.45. The number of carboxylic acid groups (broad SMARTS) is 2. The van der Waals surface area contributed by atoms with E-state index in [1.165, 1.54) is 11.3 Å². The summed E-state index contributed by atoms with van der Waals surface area (Å²) in [4.78, 5) is 28.9. The van der Waals surface area contributed by atoms with Crippen LogP contribution in [0.1, 0.15) is 20.8 Å². The molecule has 0 spiro atoms. The van der Waals surface area contributed by atoms with Gasteiger partial charge in [-0.3, -0.25) is 4.79 Å². The molecule has 0 atom stereocenters. The minimum atomic E-state index is -0.902. The number of hydrogen-bond donors (Lipinski definition) is 2. The highest BCUT2D eigenvalue weighted by molar-refractivity contribution is 7.28. The van der Waals surface area contributed by atoms with E-state index in [9.17, 15) is 9.59 Å². The standard InChI is InChI=1S/C20H14O4S4/c1-10-8-16(12-2-5-15(26-12)20(23)24)28-18(10)13-3-4-14(27-13)19-11(6-7-25-19)9-17(21)22/h2-8H,9H2,1H3,(H,21,22)(H,23,24). The largest absolute Gasteiger partial charge is 0.481 e. The summed E-state index contributed by atoms with van der Waals surface area (Å²) in [7, 11) is 0. The van der Waals surface area contributed by atoms with Crippen molar-refractivity contribution in [3.8, 4) is 29.3 Å². The molecule has 0 bridgehead atoms. The maximum atomic E-state index is 11.1. The van der Waals surface area contributed by atoms with Gasteiger partial charge in [-0.05, 0) is 59.8 Å². The molecular formula is C20H14O4S4. The first-order chi connectivity index (χ1) is 13.4. The van der Waals surface area contributed by atoms with Crippen LogP contribution in [0, 0.1) is 6.92 Å². The van der Waals surface area contributed by atoms with E-state index in [-0.39, 0.29) is 6.42 Å². The van der Waals surface area contributed by atoms with Crippen molar-refractivity contribution in [2.75, 3.05) is 0 Å². The summed E-state index contributed by atoms with van der Waals surface area (Å²) in [5, 5.41) is 20.2. The predicted octanol–water partition coefficient (Wildman–Crippen LogP) is 6.57. The number of carbonyl (C=O) groups is 2. The van der Waals surface area contributed by atoms with Crippen LogP contribution in [0.5, 0.6) is 0 Å². The van der Waals surface area contributed by atoms with E-state index < -0.39 is 11.9 Å². The van der Waals surface area contributed by atoms with Crippen molar-refractivity contribution in [3.05, 3.63) is 57.8 Å². The maximum absolute atomic E-state index is 11.1. The molecule has 0 aliphatic rings. The molecule has 0 amide bonds. The quantitative estimate of drug-likeness (QED) is 0.351. The first-order valence-corrected chi connectivity index (χ1v) is 11.6. The third kappa shape index (κ3) is 3.68. The molecule has 0 aromatic carbocycles. The number of aliphatic carboxylic acids is 1. The van der Waals surface area contributed by atoms with Crippen LogP contribution in [0.25, 0.3) is 29.3 Å². The van der Waals surface area contributed by atoms with E-state index in [1.54, 1.807) is 40.1 Å². The smallest absolute Gasteiger partial charge is 0.345 e. The zero-order valence-electron chi connectivity index (χ0n) is 14.6. The van der Waals surface area contributed by atoms with E-state index in [1.807, 2.05) is 23.6 Å². The normalized spacial score (nSPS) is 11.0. The number of carboxylic acids is 2. The van der Waals surface area contributed by atoms with Crippen molar-refractivity contribution < 1.29 is 19.8 Å². The molecule has 0 saturated carbocycles. The molecular weight excluding hydrogens is 432 g/mol. The molecule has 4 rings (SSSR count). The van der Waals surface area contributed by atoms with Crippen molar-refractivity contribution in [3.63, 3.8) is 0 Å². The summed E-state index contributed by atoms with van der Waals surface area (Å²) in [6.07, 6.45) is 0.0263. The Kier molecular flexibility index (Phi) is 5.20. The molecule has 0 saturated heterocycles. The van der Waals surface area contributed by atoms with Crippen molar-refractivity contribution in [1.82, 2.24) is 0 Å². The van der Waals surface area contributed by atoms with Gasteiger partial charge in [0.15, 0.2) is 0 Å². The monoisotopic (exact) mass is 446 g/mol. The maximum Gasteiger partial charge on any atom is 0.345 e. The Morgan fingerprint density at radius 3 is 2.25 bits per heavy atom. The number of hydrogen-bond acceptors (Lipinski definition) is 6. The van der Waals surface area contributed by atoms with Crippen molar-refractivity contribution in [2.45, 2.75) is 13.3 Å². The molecule has 28 heavy (non-hydrogen) atoms. The Morgan fingerprint density at radius 2 is 1.57 bits per heavy atom. The average molecular weight is 447 g/mol. The van der Waals surface area contributed by atoms with E-state index in [4.69, 9.17) is 10.2 Å². The average Bonchev–Trinajstić information content (AvgIpc) is 3.40. The molecule has 0 aliphatic carbocycles. The van der Waals surface area contributed by atoms with Crippen molar-refractivity contribution >= 4 is 57.3 Å². The number of aryl methyl sites for hydroxylation is 1. The first kappa shape index (κ1) is 19.1. The fourth-order valence-corrected chi connectivity index (χ4v) is 7.24. The van der Waals surface area contributed by atoms with Gasteiger partial charge in [0.1, 0.15) is 4.88 Å². The third-order valence-corrected chi connectivity index (χ3v) is 9.03. The number of rotatable bonds is 6. The molecule has 4 nitrogen and oxygen atoms in total. The highest BCUT2D eigenvalue weighted by atomic mass is 32.1. The van der Waals surface area contributed by atoms with Crippen LogP contribution in [0.4, 0.5) is 0 Å². The van der Waals surface area contributed by atoms with Crippen LogP contribution < -0.4 is 0 Å². The minimum absolute atomic E-state index is 0.0263. The zero-order valence-corrected chi connectivity index (χ0v) is 17.9. The lowest BCUT2D eigenvalue weighted by atomic mass is 10.2. The highest BCUT2D eigenvalue weighted by Gasteiger charge is 2.17. The second-order valence-electron chi connectivity index (χ2n) is 6.10. The zero-order chi connectivity index (χ0) is 19.8. The van der Waals surface area contributed by atoms with Crippen LogP contribution >= 0.6 is 45.3 Å². The number of aromatic carboxylic acids is 1. The number of thiophene rings is 4. The lowest BCUT2D eigenvalue weighted by Crippen LogP contribution is -1.99. The van der Waals surface area contributed by atoms with Crippen LogP contribution in [-0.2, 0) is 11.2 Å². The Bertz CT molecular complexity index is 1170. The van der Waals surface area contributed by atoms with Gasteiger partial charge in [0.05, 0.1) is 6.42 Å². The topological polar surface area (TPSA) is 74.6 Å². The van der Waals surface area contributed by atoms with E-state index >= 15 is 0 Å². The fourth-order valence-electron chi connectivity index (χ4n) is 2.87. The summed E-state index contributed by atoms with van der Waals surface area (Å²) in [6, 6.07) is 11.6. The SMILES string of the molecule is Cc1cc(-c2ccc(C(=O)O)s2)sc1-c1ccc(-c2sccc2CC(=O)O)s1. The summed E-state index contributed by atoms with van der Waals surface area (Å²) < 4.78 is 0. The Morgan fingerprint density at radius 1 is 0.857 bits per heavy atom. The molecule has 0 radical (unpaired) electrons. The predicted molar refractivity (Wildman–Crippen MR) is 117 cm³/mol. The lowest BCUT2D eigenvalue weighted by molar-refractivity contribution is -0.136. The molecule has 0 fully saturated rings. The van der Waals surface area contributed by atoms with Gasteiger partial charge >= 0.3 is 11.9 Å². The Labute approximate surface area is 177 Å². The molecule has 4 aromatic heterocycles. The molecule has 0 unspecified atom stereocenters. The van der Waals surface area contributed by atoms with Gasteiger partial charge < -0.3 is 10.2 Å². The first-order valence-electron chi connectivity index (χ1n) is 8.25. The molecule has 4 aromatic rings. The second kappa shape index (κ2) is 7.63. The van der Waals surface area contributed by atoms with Crippen LogP contribution in [-0.4, -0.2) is 22.2 Å². The lowest BCUT2D eigenvalue weighted by Gasteiger charge is -1.98. The fraction of sp³-hybridized carbons (Fsp3) is 0.100. The van der Waals surface area contributed by atoms with Gasteiger partial charge in [-0.2, -0.15) is 0 Å². The third-order valence-electron chi connectivity index (χ3n) is 4.12. The molecule has 0 aliphatic heterocycles. The summed E-state index contributed by atoms with van der Waals surface area (Å²) in [5.74, 6) is -1.73. The Hall–Kier alpha value is -2.26. The van der Waals surface area contributed by atoms with Gasteiger partial charge in [0.2, 0.25) is 0 Å². The summed E-state index contributed by atoms with van der Waals surface area (Å²) >= 11 is 6.15. The summed E-state index contributed by atoms with van der Waals surface area (Å²) in [6.45, 7) is 2.06. The van der Waals surface area contributed by atoms with Gasteiger partial charge in [-0.25, -0.2) is 4.79 Å². The van der Waals surface area contributed by atoms with E-state index in [2.05, 4.69) is 19.1 Å². The van der Waals surface area contributed by atoms with Gasteiger partial charge in [-0.15, -0.1) is 45.3 Å². The molecule has 8 heteroatoms. The molecule has 2 N–H and O–H groups in total. The molecule has 142 valence electrons. The summed E-state index contributed by atoms with van der Waals surface area (Å²) in [5.41, 5.74) is 1.99. The van der Waals surface area contributed by atoms with Gasteiger partial charge in [0.25, 0.3) is 0 Å². The van der Waals surface area contributed by atoms with E-state index in [0.717, 1.165) is 40.4 Å². The molecule has 4 heterocycles. The van der Waals surface area contributed by atoms with Crippen molar-refractivity contribution in [1.29, 1.82) is 0 Å². The van der Waals surface area contributed by atoms with Crippen LogP contribution in [0.2, 0.25) is 0 Å². The van der Waals surface area contributed by atoms with Crippen LogP contribution in [0.3, 0.4) is 0 Å². The van der Waals surface area contributed by atoms with Crippen molar-refractivity contribution in [2.24, 2.45) is 0 Å². The minimum Gasteiger partial charge on any atom is -0.481 e. The second-order valence-corrected chi connectivity index (χ2v) is 10.2. The van der Waals surface area contributed by atoms with E-state index in [0.29, 0.717) is 4.88 Å². The Balaban J connectivity index is 1.66.